The second kappa shape index (κ2) is 8.35. The molecule has 1 aromatic heterocycles. The highest BCUT2D eigenvalue weighted by molar-refractivity contribution is 7.07. The Morgan fingerprint density at radius 2 is 1.83 bits per heavy atom. The molecule has 0 aliphatic heterocycles. The highest BCUT2D eigenvalue weighted by Gasteiger charge is 2.19. The third kappa shape index (κ3) is 4.99. The molecule has 6 nitrogen and oxygen atoms in total. The summed E-state index contributed by atoms with van der Waals surface area (Å²) < 4.78 is 15.5. The molecule has 0 unspecified atom stereocenters. The topological polar surface area (TPSA) is 73.9 Å². The SMILES string of the molecule is COc1cc(NC(=O)[C@@H](C)OC(=O)Cc2ccsc2)cc(OC)c1. The number of rotatable bonds is 7. The molecule has 1 atom stereocenters. The van der Waals surface area contributed by atoms with E-state index in [1.165, 1.54) is 32.5 Å². The minimum atomic E-state index is -0.909. The smallest absolute Gasteiger partial charge is 0.311 e. The van der Waals surface area contributed by atoms with Crippen molar-refractivity contribution in [2.45, 2.75) is 19.4 Å². The minimum Gasteiger partial charge on any atom is -0.497 e. The van der Waals surface area contributed by atoms with Gasteiger partial charge in [-0.3, -0.25) is 9.59 Å². The second-order valence-electron chi connectivity index (χ2n) is 5.03. The number of nitrogens with one attached hydrogen (secondary N) is 1. The van der Waals surface area contributed by atoms with Crippen LogP contribution in [-0.4, -0.2) is 32.2 Å². The molecule has 128 valence electrons. The molecule has 0 spiro atoms. The van der Waals surface area contributed by atoms with Crippen LogP contribution in [0.25, 0.3) is 0 Å². The molecule has 1 aromatic carbocycles. The molecule has 0 fully saturated rings. The van der Waals surface area contributed by atoms with E-state index in [1.54, 1.807) is 18.2 Å². The van der Waals surface area contributed by atoms with Gasteiger partial charge in [-0.2, -0.15) is 11.3 Å². The van der Waals surface area contributed by atoms with E-state index in [-0.39, 0.29) is 6.42 Å². The first kappa shape index (κ1) is 17.8. The van der Waals surface area contributed by atoms with E-state index >= 15 is 0 Å². The van der Waals surface area contributed by atoms with Crippen molar-refractivity contribution in [3.05, 3.63) is 40.6 Å². The van der Waals surface area contributed by atoms with E-state index < -0.39 is 18.0 Å². The lowest BCUT2D eigenvalue weighted by molar-refractivity contribution is -0.152. The van der Waals surface area contributed by atoms with Gasteiger partial charge >= 0.3 is 5.97 Å². The molecule has 24 heavy (non-hydrogen) atoms. The fourth-order valence-corrected chi connectivity index (χ4v) is 2.64. The first-order valence-corrected chi connectivity index (χ1v) is 8.20. The Balaban J connectivity index is 1.94. The summed E-state index contributed by atoms with van der Waals surface area (Å²) in [6.45, 7) is 1.53. The van der Waals surface area contributed by atoms with E-state index in [0.717, 1.165) is 5.56 Å². The maximum Gasteiger partial charge on any atom is 0.311 e. The van der Waals surface area contributed by atoms with Gasteiger partial charge < -0.3 is 19.5 Å². The van der Waals surface area contributed by atoms with Gasteiger partial charge in [0.2, 0.25) is 0 Å². The van der Waals surface area contributed by atoms with Crippen LogP contribution in [0.4, 0.5) is 5.69 Å². The zero-order chi connectivity index (χ0) is 17.5. The molecule has 0 saturated carbocycles. The number of esters is 1. The highest BCUT2D eigenvalue weighted by Crippen LogP contribution is 2.25. The molecule has 0 saturated heterocycles. The average molecular weight is 349 g/mol. The van der Waals surface area contributed by atoms with Gasteiger partial charge in [0.1, 0.15) is 11.5 Å². The Morgan fingerprint density at radius 3 is 2.38 bits per heavy atom. The predicted octanol–water partition coefficient (Wildman–Crippen LogP) is 2.88. The van der Waals surface area contributed by atoms with Crippen LogP contribution in [0.2, 0.25) is 0 Å². The maximum absolute atomic E-state index is 12.2. The number of ether oxygens (including phenoxy) is 3. The van der Waals surface area contributed by atoms with Gasteiger partial charge in [-0.05, 0) is 29.3 Å². The summed E-state index contributed by atoms with van der Waals surface area (Å²) in [6.07, 6.45) is -0.762. The van der Waals surface area contributed by atoms with Crippen molar-refractivity contribution in [3.63, 3.8) is 0 Å². The second-order valence-corrected chi connectivity index (χ2v) is 5.81. The molecule has 1 N–H and O–H groups in total. The molecule has 0 aliphatic rings. The van der Waals surface area contributed by atoms with Crippen LogP contribution in [0.3, 0.4) is 0 Å². The van der Waals surface area contributed by atoms with E-state index in [9.17, 15) is 9.59 Å². The predicted molar refractivity (Wildman–Crippen MR) is 91.8 cm³/mol. The number of methoxy groups -OCH3 is 2. The zero-order valence-corrected chi connectivity index (χ0v) is 14.5. The number of amides is 1. The lowest BCUT2D eigenvalue weighted by atomic mass is 10.2. The fraction of sp³-hybridized carbons (Fsp3) is 0.294. The molecule has 0 bridgehead atoms. The van der Waals surface area contributed by atoms with E-state index in [4.69, 9.17) is 14.2 Å². The summed E-state index contributed by atoms with van der Waals surface area (Å²) in [5, 5.41) is 6.43. The van der Waals surface area contributed by atoms with Crippen LogP contribution in [0.5, 0.6) is 11.5 Å². The first-order valence-electron chi connectivity index (χ1n) is 7.26. The third-order valence-electron chi connectivity index (χ3n) is 3.22. The summed E-state index contributed by atoms with van der Waals surface area (Å²) in [5.41, 5.74) is 1.37. The van der Waals surface area contributed by atoms with E-state index in [0.29, 0.717) is 17.2 Å². The number of carbonyl (C=O) groups is 2. The average Bonchev–Trinajstić information content (AvgIpc) is 3.06. The van der Waals surface area contributed by atoms with Gasteiger partial charge in [-0.25, -0.2) is 0 Å². The molecule has 2 aromatic rings. The number of hydrogen-bond acceptors (Lipinski definition) is 6. The summed E-state index contributed by atoms with van der Waals surface area (Å²) >= 11 is 1.50. The fourth-order valence-electron chi connectivity index (χ4n) is 1.98. The molecule has 0 radical (unpaired) electrons. The van der Waals surface area contributed by atoms with Crippen LogP contribution in [0.1, 0.15) is 12.5 Å². The summed E-state index contributed by atoms with van der Waals surface area (Å²) in [6, 6.07) is 6.85. The molecule has 7 heteroatoms. The van der Waals surface area contributed by atoms with Crippen LogP contribution in [0, 0.1) is 0 Å². The Labute approximate surface area is 144 Å². The van der Waals surface area contributed by atoms with Crippen LogP contribution in [-0.2, 0) is 20.7 Å². The number of anilines is 1. The first-order chi connectivity index (χ1) is 11.5. The van der Waals surface area contributed by atoms with Crippen LogP contribution in [0.15, 0.2) is 35.0 Å². The van der Waals surface area contributed by atoms with Crippen molar-refractivity contribution in [2.75, 3.05) is 19.5 Å². The largest absolute Gasteiger partial charge is 0.497 e. The van der Waals surface area contributed by atoms with E-state index in [1.807, 2.05) is 16.8 Å². The van der Waals surface area contributed by atoms with Crippen molar-refractivity contribution in [2.24, 2.45) is 0 Å². The summed E-state index contributed by atoms with van der Waals surface area (Å²) in [5.74, 6) is 0.224. The number of carbonyl (C=O) groups excluding carboxylic acids is 2. The van der Waals surface area contributed by atoms with Crippen molar-refractivity contribution >= 4 is 28.9 Å². The van der Waals surface area contributed by atoms with Gasteiger partial charge in [0, 0.05) is 23.9 Å². The number of hydrogen-bond donors (Lipinski definition) is 1. The Hall–Kier alpha value is -2.54. The Morgan fingerprint density at radius 1 is 1.17 bits per heavy atom. The standard InChI is InChI=1S/C17H19NO5S/c1-11(23-16(19)6-12-4-5-24-10-12)17(20)18-13-7-14(21-2)9-15(8-13)22-3/h4-5,7-11H,6H2,1-3H3,(H,18,20)/t11-/m1/s1. The van der Waals surface area contributed by atoms with Crippen molar-refractivity contribution in [3.8, 4) is 11.5 Å². The molecule has 1 amide bonds. The monoisotopic (exact) mass is 349 g/mol. The Kier molecular flexibility index (Phi) is 6.20. The lowest BCUT2D eigenvalue weighted by Crippen LogP contribution is -2.30. The molecule has 2 rings (SSSR count). The van der Waals surface area contributed by atoms with Gasteiger partial charge in [0.15, 0.2) is 6.10 Å². The molecule has 1 heterocycles. The molecular weight excluding hydrogens is 330 g/mol. The summed E-state index contributed by atoms with van der Waals surface area (Å²) in [4.78, 5) is 24.0. The highest BCUT2D eigenvalue weighted by atomic mass is 32.1. The summed E-state index contributed by atoms with van der Waals surface area (Å²) in [7, 11) is 3.05. The van der Waals surface area contributed by atoms with Crippen molar-refractivity contribution < 1.29 is 23.8 Å². The maximum atomic E-state index is 12.2. The number of benzene rings is 1. The van der Waals surface area contributed by atoms with Crippen LogP contribution < -0.4 is 14.8 Å². The minimum absolute atomic E-state index is 0.147. The number of thiophene rings is 1. The molecular formula is C17H19NO5S. The third-order valence-corrected chi connectivity index (χ3v) is 3.96. The van der Waals surface area contributed by atoms with Gasteiger partial charge in [-0.1, -0.05) is 0 Å². The normalized spacial score (nSPS) is 11.5. The quantitative estimate of drug-likeness (QED) is 0.778. The van der Waals surface area contributed by atoms with Crippen LogP contribution >= 0.6 is 11.3 Å². The lowest BCUT2D eigenvalue weighted by Gasteiger charge is -2.14. The van der Waals surface area contributed by atoms with Gasteiger partial charge in [-0.15, -0.1) is 0 Å². The van der Waals surface area contributed by atoms with Crippen molar-refractivity contribution in [1.82, 2.24) is 0 Å². The van der Waals surface area contributed by atoms with Gasteiger partial charge in [0.05, 0.1) is 20.6 Å². The van der Waals surface area contributed by atoms with E-state index in [2.05, 4.69) is 5.32 Å². The zero-order valence-electron chi connectivity index (χ0n) is 13.7. The molecule has 0 aliphatic carbocycles. The Bertz CT molecular complexity index is 677. The van der Waals surface area contributed by atoms with Crippen molar-refractivity contribution in [1.29, 1.82) is 0 Å². The van der Waals surface area contributed by atoms with Gasteiger partial charge in [0.25, 0.3) is 5.91 Å².